The molecule has 0 saturated heterocycles. The van der Waals surface area contributed by atoms with Crippen LogP contribution in [-0.2, 0) is 20.7 Å². The third-order valence-corrected chi connectivity index (χ3v) is 4.50. The number of rotatable bonds is 8. The Labute approximate surface area is 173 Å². The Hall–Kier alpha value is -3.75. The Kier molecular flexibility index (Phi) is 6.74. The fourth-order valence-corrected chi connectivity index (χ4v) is 3.00. The van der Waals surface area contributed by atoms with Gasteiger partial charge in [0.1, 0.15) is 6.04 Å². The van der Waals surface area contributed by atoms with E-state index in [1.807, 2.05) is 36.4 Å². The summed E-state index contributed by atoms with van der Waals surface area (Å²) in [5.41, 5.74) is 6.78. The number of primary amides is 1. The molecule has 2 aromatic rings. The summed E-state index contributed by atoms with van der Waals surface area (Å²) < 4.78 is 15.7. The van der Waals surface area contributed by atoms with E-state index in [-0.39, 0.29) is 19.3 Å². The number of esters is 1. The summed E-state index contributed by atoms with van der Waals surface area (Å²) in [6.07, 6.45) is 0.192. The van der Waals surface area contributed by atoms with E-state index in [4.69, 9.17) is 19.9 Å². The number of fused-ring (bicyclic) bond motifs is 1. The maximum absolute atomic E-state index is 12.4. The third kappa shape index (κ3) is 5.63. The summed E-state index contributed by atoms with van der Waals surface area (Å²) in [5, 5.41) is 5.10. The van der Waals surface area contributed by atoms with Gasteiger partial charge in [-0.15, -0.1) is 0 Å². The van der Waals surface area contributed by atoms with Crippen molar-refractivity contribution in [3.05, 3.63) is 59.7 Å². The largest absolute Gasteiger partial charge is 0.454 e. The molecule has 1 aliphatic rings. The molecule has 1 aliphatic heterocycles. The number of amides is 3. The maximum atomic E-state index is 12.4. The summed E-state index contributed by atoms with van der Waals surface area (Å²) in [5.74, 6) is 0.0357. The van der Waals surface area contributed by atoms with Crippen LogP contribution in [0.4, 0.5) is 4.79 Å². The van der Waals surface area contributed by atoms with Crippen molar-refractivity contribution in [2.75, 3.05) is 13.4 Å². The smallest absolute Gasteiger partial charge is 0.329 e. The molecular weight excluding hydrogens is 390 g/mol. The number of hydrogen-bond donors (Lipinski definition) is 3. The standard InChI is InChI=1S/C21H23N3O6/c1-13(15-7-8-17-18(10-15)30-12-29-17)23-19(25)11-28-20(26)16(24-21(22)27)9-14-5-3-2-4-6-14/h2-8,10,13,16H,9,11-12H2,1H3,(H,23,25)(H3,22,24,27)/t13-,16-/m0/s1. The molecule has 2 atom stereocenters. The van der Waals surface area contributed by atoms with Gasteiger partial charge in [0, 0.05) is 6.42 Å². The van der Waals surface area contributed by atoms with Crippen molar-refractivity contribution in [1.29, 1.82) is 0 Å². The second kappa shape index (κ2) is 9.64. The van der Waals surface area contributed by atoms with Gasteiger partial charge in [-0.05, 0) is 30.2 Å². The van der Waals surface area contributed by atoms with Gasteiger partial charge in [-0.3, -0.25) is 4.79 Å². The average Bonchev–Trinajstić information content (AvgIpc) is 3.20. The number of benzene rings is 2. The molecule has 0 aromatic heterocycles. The van der Waals surface area contributed by atoms with Crippen LogP contribution < -0.4 is 25.8 Å². The molecule has 2 aromatic carbocycles. The molecule has 9 nitrogen and oxygen atoms in total. The van der Waals surface area contributed by atoms with E-state index in [9.17, 15) is 14.4 Å². The zero-order valence-corrected chi connectivity index (χ0v) is 16.4. The lowest BCUT2D eigenvalue weighted by Gasteiger charge is -2.18. The topological polar surface area (TPSA) is 129 Å². The van der Waals surface area contributed by atoms with Crippen molar-refractivity contribution >= 4 is 17.9 Å². The average molecular weight is 413 g/mol. The Morgan fingerprint density at radius 3 is 2.53 bits per heavy atom. The Morgan fingerprint density at radius 2 is 1.80 bits per heavy atom. The van der Waals surface area contributed by atoms with Crippen LogP contribution >= 0.6 is 0 Å². The fourth-order valence-electron chi connectivity index (χ4n) is 3.00. The van der Waals surface area contributed by atoms with Crippen molar-refractivity contribution in [1.82, 2.24) is 10.6 Å². The number of hydrogen-bond acceptors (Lipinski definition) is 6. The first-order chi connectivity index (χ1) is 14.4. The molecule has 0 spiro atoms. The van der Waals surface area contributed by atoms with Crippen LogP contribution in [0.25, 0.3) is 0 Å². The van der Waals surface area contributed by atoms with E-state index in [1.165, 1.54) is 0 Å². The van der Waals surface area contributed by atoms with Crippen molar-refractivity contribution in [2.45, 2.75) is 25.4 Å². The molecule has 3 amide bonds. The van der Waals surface area contributed by atoms with Gasteiger partial charge in [-0.1, -0.05) is 36.4 Å². The highest BCUT2D eigenvalue weighted by atomic mass is 16.7. The van der Waals surface area contributed by atoms with Gasteiger partial charge in [-0.2, -0.15) is 0 Å². The molecule has 0 saturated carbocycles. The van der Waals surface area contributed by atoms with E-state index >= 15 is 0 Å². The first kappa shape index (κ1) is 21.0. The van der Waals surface area contributed by atoms with Gasteiger partial charge in [0.2, 0.25) is 6.79 Å². The van der Waals surface area contributed by atoms with Crippen LogP contribution in [0, 0.1) is 0 Å². The number of nitrogens with one attached hydrogen (secondary N) is 2. The predicted molar refractivity (Wildman–Crippen MR) is 107 cm³/mol. The van der Waals surface area contributed by atoms with Gasteiger partial charge in [0.15, 0.2) is 18.1 Å². The Balaban J connectivity index is 1.52. The minimum atomic E-state index is -0.996. The van der Waals surface area contributed by atoms with Crippen LogP contribution in [0.2, 0.25) is 0 Å². The molecule has 0 unspecified atom stereocenters. The number of urea groups is 1. The number of ether oxygens (including phenoxy) is 3. The zero-order valence-electron chi connectivity index (χ0n) is 16.4. The fraction of sp³-hybridized carbons (Fsp3) is 0.286. The lowest BCUT2D eigenvalue weighted by molar-refractivity contribution is -0.150. The summed E-state index contributed by atoms with van der Waals surface area (Å²) in [6.45, 7) is 1.47. The van der Waals surface area contributed by atoms with Crippen molar-refractivity contribution in [3.8, 4) is 11.5 Å². The second-order valence-electron chi connectivity index (χ2n) is 6.76. The molecule has 4 N–H and O–H groups in total. The summed E-state index contributed by atoms with van der Waals surface area (Å²) in [4.78, 5) is 35.8. The first-order valence-electron chi connectivity index (χ1n) is 9.38. The monoisotopic (exact) mass is 413 g/mol. The van der Waals surface area contributed by atoms with Gasteiger partial charge in [-0.25, -0.2) is 9.59 Å². The van der Waals surface area contributed by atoms with Gasteiger partial charge < -0.3 is 30.6 Å². The second-order valence-corrected chi connectivity index (χ2v) is 6.76. The van der Waals surface area contributed by atoms with Crippen LogP contribution in [0.1, 0.15) is 24.1 Å². The molecule has 0 fully saturated rings. The number of nitrogens with two attached hydrogens (primary N) is 1. The summed E-state index contributed by atoms with van der Waals surface area (Å²) in [7, 11) is 0. The molecule has 1 heterocycles. The zero-order chi connectivity index (χ0) is 21.5. The Bertz CT molecular complexity index is 918. The predicted octanol–water partition coefficient (Wildman–Crippen LogP) is 1.42. The van der Waals surface area contributed by atoms with E-state index in [1.54, 1.807) is 19.1 Å². The van der Waals surface area contributed by atoms with Gasteiger partial charge >= 0.3 is 12.0 Å². The lowest BCUT2D eigenvalue weighted by atomic mass is 10.1. The van der Waals surface area contributed by atoms with Crippen LogP contribution in [-0.4, -0.2) is 37.3 Å². The van der Waals surface area contributed by atoms with E-state index in [0.29, 0.717) is 11.5 Å². The molecular formula is C21H23N3O6. The molecule has 158 valence electrons. The highest BCUT2D eigenvalue weighted by Crippen LogP contribution is 2.34. The number of carbonyl (C=O) groups is 3. The van der Waals surface area contributed by atoms with Crippen molar-refractivity contribution in [3.63, 3.8) is 0 Å². The summed E-state index contributed by atoms with van der Waals surface area (Å²) >= 11 is 0. The van der Waals surface area contributed by atoms with Gasteiger partial charge in [0.05, 0.1) is 6.04 Å². The van der Waals surface area contributed by atoms with Gasteiger partial charge in [0.25, 0.3) is 5.91 Å². The van der Waals surface area contributed by atoms with E-state index < -0.39 is 30.6 Å². The molecule has 9 heteroatoms. The highest BCUT2D eigenvalue weighted by Gasteiger charge is 2.23. The quantitative estimate of drug-likeness (QED) is 0.561. The van der Waals surface area contributed by atoms with Crippen LogP contribution in [0.3, 0.4) is 0 Å². The lowest BCUT2D eigenvalue weighted by Crippen LogP contribution is -2.46. The molecule has 0 bridgehead atoms. The normalized spacial score (nSPS) is 13.8. The summed E-state index contributed by atoms with van der Waals surface area (Å²) in [6, 6.07) is 12.3. The SMILES string of the molecule is C[C@H](NC(=O)COC(=O)[C@H](Cc1ccccc1)NC(N)=O)c1ccc2c(c1)OCO2. The highest BCUT2D eigenvalue weighted by molar-refractivity contribution is 5.85. The van der Waals surface area contributed by atoms with E-state index in [2.05, 4.69) is 10.6 Å². The Morgan fingerprint density at radius 1 is 1.07 bits per heavy atom. The molecule has 3 rings (SSSR count). The van der Waals surface area contributed by atoms with Crippen LogP contribution in [0.15, 0.2) is 48.5 Å². The third-order valence-electron chi connectivity index (χ3n) is 4.50. The minimum absolute atomic E-state index is 0.166. The molecule has 0 aliphatic carbocycles. The number of carbonyl (C=O) groups excluding carboxylic acids is 3. The first-order valence-corrected chi connectivity index (χ1v) is 9.38. The minimum Gasteiger partial charge on any atom is -0.454 e. The van der Waals surface area contributed by atoms with Crippen molar-refractivity contribution < 1.29 is 28.6 Å². The van der Waals surface area contributed by atoms with Crippen LogP contribution in [0.5, 0.6) is 11.5 Å². The maximum Gasteiger partial charge on any atom is 0.329 e. The molecule has 30 heavy (non-hydrogen) atoms. The molecule has 0 radical (unpaired) electrons. The van der Waals surface area contributed by atoms with E-state index in [0.717, 1.165) is 11.1 Å². The van der Waals surface area contributed by atoms with Crippen molar-refractivity contribution in [2.24, 2.45) is 5.73 Å².